The van der Waals surface area contributed by atoms with Gasteiger partial charge in [-0.15, -0.1) is 22.7 Å². The molecule has 4 nitrogen and oxygen atoms in total. The predicted octanol–water partition coefficient (Wildman–Crippen LogP) is 5.09. The van der Waals surface area contributed by atoms with Crippen molar-refractivity contribution in [1.82, 2.24) is 10.3 Å². The van der Waals surface area contributed by atoms with Gasteiger partial charge in [-0.25, -0.2) is 4.98 Å². The highest BCUT2D eigenvalue weighted by molar-refractivity contribution is 8.02. The number of thiophene rings is 1. The summed E-state index contributed by atoms with van der Waals surface area (Å²) in [5, 5.41) is 3.98. The Morgan fingerprint density at radius 2 is 1.74 bits per heavy atom. The average Bonchev–Trinajstić information content (AvgIpc) is 3.37. The van der Waals surface area contributed by atoms with Crippen molar-refractivity contribution in [3.63, 3.8) is 0 Å². The summed E-state index contributed by atoms with van der Waals surface area (Å²) in [6.45, 7) is 0. The lowest BCUT2D eigenvalue weighted by molar-refractivity contribution is 0.0894. The zero-order valence-corrected chi connectivity index (χ0v) is 16.4. The smallest absolute Gasteiger partial charge is 0.252 e. The highest BCUT2D eigenvalue weighted by Crippen LogP contribution is 2.33. The lowest BCUT2D eigenvalue weighted by atomic mass is 10.2. The molecule has 0 saturated heterocycles. The van der Waals surface area contributed by atoms with Crippen LogP contribution in [0.4, 0.5) is 0 Å². The molecule has 2 aromatic heterocycles. The van der Waals surface area contributed by atoms with Crippen LogP contribution < -0.4 is 5.32 Å². The maximum atomic E-state index is 12.9. The van der Waals surface area contributed by atoms with E-state index in [2.05, 4.69) is 10.3 Å². The first-order chi connectivity index (χ1) is 13.2. The maximum Gasteiger partial charge on any atom is 0.252 e. The SMILES string of the molecule is O=C(NC(Sc1nc2ccccc2s1)C(=O)c1cccs1)c1ccccc1. The van der Waals surface area contributed by atoms with Crippen molar-refractivity contribution < 1.29 is 9.59 Å². The van der Waals surface area contributed by atoms with Crippen LogP contribution in [0.5, 0.6) is 0 Å². The minimum Gasteiger partial charge on any atom is -0.333 e. The molecule has 0 bridgehead atoms. The number of carbonyl (C=O) groups excluding carboxylic acids is 2. The van der Waals surface area contributed by atoms with Crippen molar-refractivity contribution in [2.24, 2.45) is 0 Å². The molecule has 0 saturated carbocycles. The van der Waals surface area contributed by atoms with Crippen LogP contribution in [0.15, 0.2) is 76.4 Å². The first-order valence-corrected chi connectivity index (χ1v) is 10.7. The van der Waals surface area contributed by atoms with Gasteiger partial charge < -0.3 is 5.32 Å². The number of benzene rings is 2. The topological polar surface area (TPSA) is 59.1 Å². The Morgan fingerprint density at radius 3 is 2.48 bits per heavy atom. The highest BCUT2D eigenvalue weighted by Gasteiger charge is 2.26. The molecule has 1 N–H and O–H groups in total. The molecule has 2 heterocycles. The van der Waals surface area contributed by atoms with Crippen molar-refractivity contribution >= 4 is 56.3 Å². The standard InChI is InChI=1S/C20H14N2O2S3/c23-17(16-11-6-12-25-16)19(22-18(24)13-7-2-1-3-8-13)27-20-21-14-9-4-5-10-15(14)26-20/h1-12,19H,(H,22,24). The Balaban J connectivity index is 1.61. The number of amides is 1. The lowest BCUT2D eigenvalue weighted by Crippen LogP contribution is -2.38. The number of aromatic nitrogens is 1. The largest absolute Gasteiger partial charge is 0.333 e. The molecule has 0 fully saturated rings. The molecule has 1 atom stereocenters. The van der Waals surface area contributed by atoms with Gasteiger partial charge in [0.2, 0.25) is 5.78 Å². The fraction of sp³-hybridized carbons (Fsp3) is 0.0500. The third kappa shape index (κ3) is 4.10. The fourth-order valence-electron chi connectivity index (χ4n) is 2.49. The molecule has 27 heavy (non-hydrogen) atoms. The van der Waals surface area contributed by atoms with Gasteiger partial charge in [0.05, 0.1) is 15.1 Å². The summed E-state index contributed by atoms with van der Waals surface area (Å²) in [5.41, 5.74) is 1.41. The van der Waals surface area contributed by atoms with E-state index in [1.54, 1.807) is 30.3 Å². The first kappa shape index (κ1) is 17.9. The maximum absolute atomic E-state index is 12.9. The van der Waals surface area contributed by atoms with Crippen LogP contribution in [0.1, 0.15) is 20.0 Å². The molecule has 4 aromatic rings. The van der Waals surface area contributed by atoms with E-state index in [1.165, 1.54) is 34.4 Å². The van der Waals surface area contributed by atoms with Crippen LogP contribution in [-0.2, 0) is 0 Å². The van der Waals surface area contributed by atoms with E-state index in [-0.39, 0.29) is 11.7 Å². The Bertz CT molecular complexity index is 1040. The van der Waals surface area contributed by atoms with Gasteiger partial charge in [0.25, 0.3) is 5.91 Å². The molecule has 1 unspecified atom stereocenters. The Kier molecular flexibility index (Phi) is 5.33. The van der Waals surface area contributed by atoms with Gasteiger partial charge in [-0.3, -0.25) is 9.59 Å². The Hall–Kier alpha value is -2.48. The third-order valence-electron chi connectivity index (χ3n) is 3.79. The average molecular weight is 411 g/mol. The van der Waals surface area contributed by atoms with E-state index in [0.29, 0.717) is 10.4 Å². The third-order valence-corrected chi connectivity index (χ3v) is 6.91. The molecule has 0 aliphatic rings. The summed E-state index contributed by atoms with van der Waals surface area (Å²) >= 11 is 4.16. The number of nitrogens with one attached hydrogen (secondary N) is 1. The summed E-state index contributed by atoms with van der Waals surface area (Å²) < 4.78 is 1.80. The van der Waals surface area contributed by atoms with Crippen LogP contribution in [0.2, 0.25) is 0 Å². The number of Topliss-reactive ketones (excluding diaryl/α,β-unsaturated/α-hetero) is 1. The zero-order valence-electron chi connectivity index (χ0n) is 14.0. The van der Waals surface area contributed by atoms with Crippen molar-refractivity contribution in [1.29, 1.82) is 0 Å². The summed E-state index contributed by atoms with van der Waals surface area (Å²) in [4.78, 5) is 30.7. The van der Waals surface area contributed by atoms with E-state index < -0.39 is 5.37 Å². The number of hydrogen-bond donors (Lipinski definition) is 1. The van der Waals surface area contributed by atoms with Crippen LogP contribution in [-0.4, -0.2) is 22.0 Å². The number of ketones is 1. The number of thiazole rings is 1. The van der Waals surface area contributed by atoms with Gasteiger partial charge in [-0.05, 0) is 35.7 Å². The van der Waals surface area contributed by atoms with Crippen molar-refractivity contribution in [2.75, 3.05) is 0 Å². The van der Waals surface area contributed by atoms with Crippen LogP contribution in [0.3, 0.4) is 0 Å². The second-order valence-corrected chi connectivity index (χ2v) is 8.96. The van der Waals surface area contributed by atoms with Crippen LogP contribution in [0.25, 0.3) is 10.2 Å². The minimum atomic E-state index is -0.739. The number of carbonyl (C=O) groups is 2. The van der Waals surface area contributed by atoms with Crippen molar-refractivity contribution in [3.8, 4) is 0 Å². The summed E-state index contributed by atoms with van der Waals surface area (Å²) in [6, 6.07) is 20.3. The van der Waals surface area contributed by atoms with E-state index in [1.807, 2.05) is 41.8 Å². The monoisotopic (exact) mass is 410 g/mol. The Labute approximate surface area is 168 Å². The molecular weight excluding hydrogens is 396 g/mol. The number of thioether (sulfide) groups is 1. The van der Waals surface area contributed by atoms with Gasteiger partial charge in [-0.1, -0.05) is 48.2 Å². The molecular formula is C20H14N2O2S3. The number of hydrogen-bond acceptors (Lipinski definition) is 6. The molecule has 0 radical (unpaired) electrons. The Morgan fingerprint density at radius 1 is 0.963 bits per heavy atom. The van der Waals surface area contributed by atoms with Gasteiger partial charge in [0.1, 0.15) is 5.37 Å². The van der Waals surface area contributed by atoms with Gasteiger partial charge in [-0.2, -0.15) is 0 Å². The number of para-hydroxylation sites is 1. The van der Waals surface area contributed by atoms with E-state index in [9.17, 15) is 9.59 Å². The quantitative estimate of drug-likeness (QED) is 0.273. The molecule has 134 valence electrons. The number of nitrogens with zero attached hydrogens (tertiary/aromatic N) is 1. The lowest BCUT2D eigenvalue weighted by Gasteiger charge is -2.15. The van der Waals surface area contributed by atoms with Gasteiger partial charge >= 0.3 is 0 Å². The highest BCUT2D eigenvalue weighted by atomic mass is 32.2. The summed E-state index contributed by atoms with van der Waals surface area (Å²) in [7, 11) is 0. The summed E-state index contributed by atoms with van der Waals surface area (Å²) in [5.74, 6) is -0.405. The second-order valence-electron chi connectivity index (χ2n) is 5.63. The zero-order chi connectivity index (χ0) is 18.6. The van der Waals surface area contributed by atoms with Gasteiger partial charge in [0, 0.05) is 5.56 Å². The molecule has 7 heteroatoms. The summed E-state index contributed by atoms with van der Waals surface area (Å²) in [6.07, 6.45) is 0. The molecule has 4 rings (SSSR count). The van der Waals surface area contributed by atoms with Crippen LogP contribution >= 0.6 is 34.4 Å². The minimum absolute atomic E-state index is 0.126. The van der Waals surface area contributed by atoms with E-state index in [0.717, 1.165) is 14.6 Å². The molecule has 2 aromatic carbocycles. The number of fused-ring (bicyclic) bond motifs is 1. The normalized spacial score (nSPS) is 12.0. The predicted molar refractivity (Wildman–Crippen MR) is 112 cm³/mol. The second kappa shape index (κ2) is 8.04. The van der Waals surface area contributed by atoms with Gasteiger partial charge in [0.15, 0.2) is 4.34 Å². The molecule has 0 spiro atoms. The first-order valence-electron chi connectivity index (χ1n) is 8.16. The van der Waals surface area contributed by atoms with E-state index >= 15 is 0 Å². The number of rotatable bonds is 6. The molecule has 0 aliphatic heterocycles. The molecule has 1 amide bonds. The molecule has 0 aliphatic carbocycles. The van der Waals surface area contributed by atoms with Crippen molar-refractivity contribution in [2.45, 2.75) is 9.71 Å². The van der Waals surface area contributed by atoms with Crippen LogP contribution in [0, 0.1) is 0 Å². The van der Waals surface area contributed by atoms with E-state index in [4.69, 9.17) is 0 Å². The van der Waals surface area contributed by atoms with Crippen molar-refractivity contribution in [3.05, 3.63) is 82.6 Å². The fourth-order valence-corrected chi connectivity index (χ4v) is 5.46.